The molecule has 0 amide bonds. The standard InChI is InChI=1S/C12H17N3/c1-4-15(9-10(2)3)12-8-14-6-5-11(12)7-13/h5-6,8,10H,4,9H2,1-3H3. The van der Waals surface area contributed by atoms with Gasteiger partial charge in [0.2, 0.25) is 0 Å². The van der Waals surface area contributed by atoms with Gasteiger partial charge in [-0.3, -0.25) is 4.98 Å². The molecule has 3 nitrogen and oxygen atoms in total. The van der Waals surface area contributed by atoms with Gasteiger partial charge in [0.05, 0.1) is 17.4 Å². The summed E-state index contributed by atoms with van der Waals surface area (Å²) in [5.74, 6) is 0.580. The smallest absolute Gasteiger partial charge is 0.101 e. The van der Waals surface area contributed by atoms with E-state index in [4.69, 9.17) is 5.26 Å². The van der Waals surface area contributed by atoms with Crippen molar-refractivity contribution >= 4 is 5.69 Å². The van der Waals surface area contributed by atoms with E-state index in [0.717, 1.165) is 18.8 Å². The lowest BCUT2D eigenvalue weighted by atomic mass is 10.1. The summed E-state index contributed by atoms with van der Waals surface area (Å²) >= 11 is 0. The zero-order valence-corrected chi connectivity index (χ0v) is 9.57. The molecule has 0 saturated heterocycles. The lowest BCUT2D eigenvalue weighted by Crippen LogP contribution is -2.28. The van der Waals surface area contributed by atoms with Gasteiger partial charge < -0.3 is 4.90 Å². The van der Waals surface area contributed by atoms with Crippen LogP contribution in [0.3, 0.4) is 0 Å². The highest BCUT2D eigenvalue weighted by Crippen LogP contribution is 2.18. The second-order valence-corrected chi connectivity index (χ2v) is 3.94. The third kappa shape index (κ3) is 2.95. The summed E-state index contributed by atoms with van der Waals surface area (Å²) < 4.78 is 0. The maximum atomic E-state index is 8.99. The molecule has 0 aliphatic rings. The van der Waals surface area contributed by atoms with Gasteiger partial charge in [-0.15, -0.1) is 0 Å². The van der Waals surface area contributed by atoms with Gasteiger partial charge in [-0.1, -0.05) is 13.8 Å². The summed E-state index contributed by atoms with van der Waals surface area (Å²) in [5, 5.41) is 8.99. The first-order valence-corrected chi connectivity index (χ1v) is 5.28. The first-order chi connectivity index (χ1) is 7.19. The molecule has 0 aromatic carbocycles. The fourth-order valence-electron chi connectivity index (χ4n) is 1.57. The molecule has 3 heteroatoms. The normalized spacial score (nSPS) is 10.1. The van der Waals surface area contributed by atoms with E-state index in [1.807, 2.05) is 0 Å². The first-order valence-electron chi connectivity index (χ1n) is 5.28. The van der Waals surface area contributed by atoms with E-state index in [9.17, 15) is 0 Å². The number of anilines is 1. The van der Waals surface area contributed by atoms with Crippen LogP contribution in [0.1, 0.15) is 26.3 Å². The minimum Gasteiger partial charge on any atom is -0.369 e. The highest BCUT2D eigenvalue weighted by molar-refractivity contribution is 5.57. The number of hydrogen-bond donors (Lipinski definition) is 0. The van der Waals surface area contributed by atoms with Crippen molar-refractivity contribution in [3.8, 4) is 6.07 Å². The molecule has 0 fully saturated rings. The largest absolute Gasteiger partial charge is 0.369 e. The maximum Gasteiger partial charge on any atom is 0.101 e. The van der Waals surface area contributed by atoms with E-state index in [1.165, 1.54) is 0 Å². The molecule has 1 aromatic rings. The molecule has 1 rings (SSSR count). The van der Waals surface area contributed by atoms with Gasteiger partial charge in [0, 0.05) is 19.3 Å². The van der Waals surface area contributed by atoms with Crippen molar-refractivity contribution in [3.63, 3.8) is 0 Å². The summed E-state index contributed by atoms with van der Waals surface area (Å²) in [7, 11) is 0. The quantitative estimate of drug-likeness (QED) is 0.754. The first kappa shape index (κ1) is 11.5. The summed E-state index contributed by atoms with van der Waals surface area (Å²) in [4.78, 5) is 6.27. The van der Waals surface area contributed by atoms with Crippen molar-refractivity contribution in [2.75, 3.05) is 18.0 Å². The molecule has 0 aliphatic heterocycles. The second-order valence-electron chi connectivity index (χ2n) is 3.94. The molecule has 0 atom stereocenters. The fraction of sp³-hybridized carbons (Fsp3) is 0.500. The van der Waals surface area contributed by atoms with Crippen LogP contribution < -0.4 is 4.90 Å². The van der Waals surface area contributed by atoms with Crippen LogP contribution >= 0.6 is 0 Å². The van der Waals surface area contributed by atoms with Gasteiger partial charge in [-0.05, 0) is 18.9 Å². The van der Waals surface area contributed by atoms with Crippen molar-refractivity contribution in [1.29, 1.82) is 5.26 Å². The van der Waals surface area contributed by atoms with Crippen LogP contribution in [0.4, 0.5) is 5.69 Å². The van der Waals surface area contributed by atoms with Crippen LogP contribution in [0.2, 0.25) is 0 Å². The molecule has 15 heavy (non-hydrogen) atoms. The molecule has 0 saturated carbocycles. The average molecular weight is 203 g/mol. The second kappa shape index (κ2) is 5.35. The van der Waals surface area contributed by atoms with E-state index < -0.39 is 0 Å². The van der Waals surface area contributed by atoms with Crippen molar-refractivity contribution in [3.05, 3.63) is 24.0 Å². The van der Waals surface area contributed by atoms with Crippen LogP contribution in [0.25, 0.3) is 0 Å². The summed E-state index contributed by atoms with van der Waals surface area (Å²) in [6.45, 7) is 8.29. The van der Waals surface area contributed by atoms with E-state index in [0.29, 0.717) is 11.5 Å². The number of hydrogen-bond acceptors (Lipinski definition) is 3. The lowest BCUT2D eigenvalue weighted by molar-refractivity contribution is 0.618. The number of nitriles is 1. The van der Waals surface area contributed by atoms with Gasteiger partial charge in [0.1, 0.15) is 6.07 Å². The summed E-state index contributed by atoms with van der Waals surface area (Å²) in [5.41, 5.74) is 1.64. The Labute approximate surface area is 91.4 Å². The number of pyridine rings is 1. The minimum absolute atomic E-state index is 0.580. The average Bonchev–Trinajstić information content (AvgIpc) is 2.25. The van der Waals surface area contributed by atoms with Gasteiger partial charge in [-0.2, -0.15) is 5.26 Å². The fourth-order valence-corrected chi connectivity index (χ4v) is 1.57. The predicted molar refractivity (Wildman–Crippen MR) is 61.7 cm³/mol. The highest BCUT2D eigenvalue weighted by atomic mass is 15.1. The van der Waals surface area contributed by atoms with E-state index in [1.54, 1.807) is 18.5 Å². The van der Waals surface area contributed by atoms with Crippen LogP contribution in [-0.4, -0.2) is 18.1 Å². The molecule has 0 spiro atoms. The third-order valence-corrected chi connectivity index (χ3v) is 2.23. The Bertz CT molecular complexity index is 352. The molecule has 0 N–H and O–H groups in total. The Morgan fingerprint density at radius 1 is 1.53 bits per heavy atom. The van der Waals surface area contributed by atoms with E-state index >= 15 is 0 Å². The minimum atomic E-state index is 0.580. The molecule has 1 aromatic heterocycles. The molecule has 0 unspecified atom stereocenters. The van der Waals surface area contributed by atoms with Gasteiger partial charge in [-0.25, -0.2) is 0 Å². The van der Waals surface area contributed by atoms with Crippen molar-refractivity contribution in [2.45, 2.75) is 20.8 Å². The van der Waals surface area contributed by atoms with Crippen LogP contribution in [0.5, 0.6) is 0 Å². The van der Waals surface area contributed by atoms with E-state index in [2.05, 4.69) is 36.7 Å². The Hall–Kier alpha value is -1.56. The van der Waals surface area contributed by atoms with Crippen molar-refractivity contribution in [2.24, 2.45) is 5.92 Å². The molecule has 80 valence electrons. The lowest BCUT2D eigenvalue weighted by Gasteiger charge is -2.25. The zero-order chi connectivity index (χ0) is 11.3. The summed E-state index contributed by atoms with van der Waals surface area (Å²) in [6, 6.07) is 3.96. The Morgan fingerprint density at radius 3 is 2.80 bits per heavy atom. The molecule has 0 bridgehead atoms. The zero-order valence-electron chi connectivity index (χ0n) is 9.57. The SMILES string of the molecule is CCN(CC(C)C)c1cnccc1C#N. The van der Waals surface area contributed by atoms with Crippen molar-refractivity contribution in [1.82, 2.24) is 4.98 Å². The van der Waals surface area contributed by atoms with Crippen LogP contribution in [0.15, 0.2) is 18.5 Å². The third-order valence-electron chi connectivity index (χ3n) is 2.23. The number of nitrogens with zero attached hydrogens (tertiary/aromatic N) is 3. The molecular formula is C12H17N3. The summed E-state index contributed by atoms with van der Waals surface area (Å²) in [6.07, 6.45) is 3.43. The van der Waals surface area contributed by atoms with Crippen molar-refractivity contribution < 1.29 is 0 Å². The Morgan fingerprint density at radius 2 is 2.27 bits per heavy atom. The highest BCUT2D eigenvalue weighted by Gasteiger charge is 2.10. The molecule has 0 radical (unpaired) electrons. The predicted octanol–water partition coefficient (Wildman–Crippen LogP) is 2.44. The van der Waals surface area contributed by atoms with E-state index in [-0.39, 0.29) is 0 Å². The van der Waals surface area contributed by atoms with Crippen LogP contribution in [0, 0.1) is 17.2 Å². The van der Waals surface area contributed by atoms with Gasteiger partial charge in [0.25, 0.3) is 0 Å². The maximum absolute atomic E-state index is 8.99. The number of rotatable bonds is 4. The van der Waals surface area contributed by atoms with Crippen LogP contribution in [-0.2, 0) is 0 Å². The molecular weight excluding hydrogens is 186 g/mol. The van der Waals surface area contributed by atoms with Gasteiger partial charge in [0.15, 0.2) is 0 Å². The topological polar surface area (TPSA) is 39.9 Å². The monoisotopic (exact) mass is 203 g/mol. The molecule has 1 heterocycles. The Balaban J connectivity index is 2.96. The molecule has 0 aliphatic carbocycles. The Kier molecular flexibility index (Phi) is 4.11. The number of aromatic nitrogens is 1. The van der Waals surface area contributed by atoms with Gasteiger partial charge >= 0.3 is 0 Å².